The molecule has 1 nitrogen and oxygen atoms in total. The van der Waals surface area contributed by atoms with Crippen molar-refractivity contribution in [3.8, 4) is 0 Å². The van der Waals surface area contributed by atoms with Gasteiger partial charge in [0.1, 0.15) is 6.29 Å². The van der Waals surface area contributed by atoms with Crippen LogP contribution in [-0.2, 0) is 4.79 Å². The molecule has 0 heterocycles. The summed E-state index contributed by atoms with van der Waals surface area (Å²) in [5, 5.41) is 0. The Bertz CT molecular complexity index is 309. The highest BCUT2D eigenvalue weighted by Crippen LogP contribution is 2.29. The molecule has 0 aromatic rings. The molecule has 0 aromatic carbocycles. The first-order valence-corrected chi connectivity index (χ1v) is 5.30. The van der Waals surface area contributed by atoms with Crippen LogP contribution in [0.1, 0.15) is 41.5 Å². The maximum Gasteiger partial charge on any atom is 0.145 e. The highest BCUT2D eigenvalue weighted by molar-refractivity contribution is 5.73. The van der Waals surface area contributed by atoms with Crippen molar-refractivity contribution in [2.75, 3.05) is 0 Å². The minimum absolute atomic E-state index is 0.107. The molecule has 84 valence electrons. The summed E-state index contributed by atoms with van der Waals surface area (Å²) in [6.07, 6.45) is 6.98. The molecule has 0 unspecified atom stereocenters. The van der Waals surface area contributed by atoms with E-state index in [9.17, 15) is 4.79 Å². The number of hydrogen-bond donors (Lipinski definition) is 0. The average molecular weight is 206 g/mol. The Kier molecular flexibility index (Phi) is 5.27. The minimum Gasteiger partial charge on any atom is -0.298 e. The van der Waals surface area contributed by atoms with Crippen LogP contribution in [0.2, 0.25) is 0 Å². The third-order valence-corrected chi connectivity index (χ3v) is 2.20. The zero-order valence-corrected chi connectivity index (χ0v) is 10.7. The molecule has 0 N–H and O–H groups in total. The van der Waals surface area contributed by atoms with E-state index in [1.807, 2.05) is 32.9 Å². The standard InChI is InChI=1S/C14H22O/c1-7-8-13(14(4,5)6)12(3)9-11(2)10-15/h7-10H,1-6H3/b8-7-,11-9+,13-12+. The molecule has 15 heavy (non-hydrogen) atoms. The monoisotopic (exact) mass is 206 g/mol. The predicted octanol–water partition coefficient (Wildman–Crippen LogP) is 4.07. The summed E-state index contributed by atoms with van der Waals surface area (Å²) in [6, 6.07) is 0. The van der Waals surface area contributed by atoms with Crippen LogP contribution >= 0.6 is 0 Å². The molecule has 0 saturated heterocycles. The van der Waals surface area contributed by atoms with E-state index in [2.05, 4.69) is 26.8 Å². The fourth-order valence-corrected chi connectivity index (χ4v) is 1.59. The zero-order chi connectivity index (χ0) is 12.1. The van der Waals surface area contributed by atoms with E-state index >= 15 is 0 Å². The topological polar surface area (TPSA) is 17.1 Å². The van der Waals surface area contributed by atoms with Gasteiger partial charge in [0.25, 0.3) is 0 Å². The van der Waals surface area contributed by atoms with Gasteiger partial charge >= 0.3 is 0 Å². The molecule has 0 radical (unpaired) electrons. The highest BCUT2D eigenvalue weighted by Gasteiger charge is 2.16. The van der Waals surface area contributed by atoms with Gasteiger partial charge in [-0.25, -0.2) is 0 Å². The summed E-state index contributed by atoms with van der Waals surface area (Å²) in [4.78, 5) is 10.6. The molecule has 0 aliphatic heterocycles. The number of aldehydes is 1. The maximum absolute atomic E-state index is 10.6. The Labute approximate surface area is 93.6 Å². The predicted molar refractivity (Wildman–Crippen MR) is 66.8 cm³/mol. The molecule has 0 atom stereocenters. The summed E-state index contributed by atoms with van der Waals surface area (Å²) < 4.78 is 0. The highest BCUT2D eigenvalue weighted by atomic mass is 16.1. The number of allylic oxidation sites excluding steroid dienone is 6. The summed E-state index contributed by atoms with van der Waals surface area (Å²) in [5.74, 6) is 0. The number of rotatable bonds is 3. The molecule has 0 bridgehead atoms. The zero-order valence-electron chi connectivity index (χ0n) is 10.7. The van der Waals surface area contributed by atoms with Crippen molar-refractivity contribution in [3.05, 3.63) is 34.9 Å². The number of carbonyl (C=O) groups excluding carboxylic acids is 1. The summed E-state index contributed by atoms with van der Waals surface area (Å²) in [6.45, 7) is 12.4. The van der Waals surface area contributed by atoms with Gasteiger partial charge in [-0.1, -0.05) is 39.0 Å². The van der Waals surface area contributed by atoms with Gasteiger partial charge in [-0.2, -0.15) is 0 Å². The largest absolute Gasteiger partial charge is 0.298 e. The van der Waals surface area contributed by atoms with Crippen LogP contribution in [0.5, 0.6) is 0 Å². The van der Waals surface area contributed by atoms with Crippen molar-refractivity contribution in [1.82, 2.24) is 0 Å². The second kappa shape index (κ2) is 5.69. The van der Waals surface area contributed by atoms with E-state index in [4.69, 9.17) is 0 Å². The summed E-state index contributed by atoms with van der Waals surface area (Å²) >= 11 is 0. The van der Waals surface area contributed by atoms with Gasteiger partial charge in [0.05, 0.1) is 0 Å². The van der Waals surface area contributed by atoms with Crippen molar-refractivity contribution in [2.45, 2.75) is 41.5 Å². The molecule has 0 fully saturated rings. The molecular weight excluding hydrogens is 184 g/mol. The van der Waals surface area contributed by atoms with Crippen molar-refractivity contribution >= 4 is 6.29 Å². The fourth-order valence-electron chi connectivity index (χ4n) is 1.59. The molecule has 0 rings (SSSR count). The van der Waals surface area contributed by atoms with Crippen LogP contribution in [0.4, 0.5) is 0 Å². The SMILES string of the molecule is C\C=C/C(=C(C)\C=C(/C)C=O)C(C)(C)C. The molecule has 0 aliphatic carbocycles. The second-order valence-corrected chi connectivity index (χ2v) is 4.85. The van der Waals surface area contributed by atoms with Crippen molar-refractivity contribution < 1.29 is 4.79 Å². The van der Waals surface area contributed by atoms with Crippen molar-refractivity contribution in [1.29, 1.82) is 0 Å². The lowest BCUT2D eigenvalue weighted by Gasteiger charge is -2.22. The van der Waals surface area contributed by atoms with E-state index in [-0.39, 0.29) is 5.41 Å². The van der Waals surface area contributed by atoms with Crippen molar-refractivity contribution in [2.24, 2.45) is 5.41 Å². The van der Waals surface area contributed by atoms with Gasteiger partial charge in [0.15, 0.2) is 0 Å². The van der Waals surface area contributed by atoms with Crippen LogP contribution < -0.4 is 0 Å². The normalized spacial score (nSPS) is 15.5. The average Bonchev–Trinajstić information content (AvgIpc) is 2.11. The molecule has 0 saturated carbocycles. The lowest BCUT2D eigenvalue weighted by atomic mass is 9.83. The van der Waals surface area contributed by atoms with E-state index in [0.717, 1.165) is 17.4 Å². The van der Waals surface area contributed by atoms with Gasteiger partial charge < -0.3 is 0 Å². The van der Waals surface area contributed by atoms with Crippen LogP contribution in [0.15, 0.2) is 34.9 Å². The first kappa shape index (κ1) is 13.9. The van der Waals surface area contributed by atoms with E-state index in [0.29, 0.717) is 0 Å². The van der Waals surface area contributed by atoms with Gasteiger partial charge in [0.2, 0.25) is 0 Å². The molecule has 0 aromatic heterocycles. The third-order valence-electron chi connectivity index (χ3n) is 2.20. The first-order valence-electron chi connectivity index (χ1n) is 5.30. The first-order chi connectivity index (χ1) is 6.82. The quantitative estimate of drug-likeness (QED) is 0.386. The molecule has 0 aliphatic rings. The molecule has 0 spiro atoms. The maximum atomic E-state index is 10.6. The van der Waals surface area contributed by atoms with Gasteiger partial charge in [-0.15, -0.1) is 0 Å². The number of carbonyl (C=O) groups is 1. The lowest BCUT2D eigenvalue weighted by molar-refractivity contribution is -0.104. The minimum atomic E-state index is 0.107. The van der Waals surface area contributed by atoms with Gasteiger partial charge in [0, 0.05) is 0 Å². The molecule has 1 heteroatoms. The molecule has 0 amide bonds. The Hall–Kier alpha value is -1.11. The molecular formula is C14H22O. The summed E-state index contributed by atoms with van der Waals surface area (Å²) in [5.41, 5.74) is 3.30. The van der Waals surface area contributed by atoms with Crippen LogP contribution in [0.25, 0.3) is 0 Å². The number of hydrogen-bond acceptors (Lipinski definition) is 1. The Balaban J connectivity index is 5.38. The Morgan fingerprint density at radius 2 is 1.67 bits per heavy atom. The van der Waals surface area contributed by atoms with E-state index < -0.39 is 0 Å². The van der Waals surface area contributed by atoms with Crippen LogP contribution in [-0.4, -0.2) is 6.29 Å². The Morgan fingerprint density at radius 3 is 2.00 bits per heavy atom. The lowest BCUT2D eigenvalue weighted by Crippen LogP contribution is -2.09. The van der Waals surface area contributed by atoms with E-state index in [1.54, 1.807) is 0 Å². The Morgan fingerprint density at radius 1 is 1.13 bits per heavy atom. The van der Waals surface area contributed by atoms with Crippen molar-refractivity contribution in [3.63, 3.8) is 0 Å². The third kappa shape index (κ3) is 4.78. The van der Waals surface area contributed by atoms with E-state index in [1.165, 1.54) is 5.57 Å². The smallest absolute Gasteiger partial charge is 0.145 e. The van der Waals surface area contributed by atoms with Gasteiger partial charge in [-0.05, 0) is 42.9 Å². The fraction of sp³-hybridized carbons (Fsp3) is 0.500. The van der Waals surface area contributed by atoms with Crippen LogP contribution in [0, 0.1) is 5.41 Å². The van der Waals surface area contributed by atoms with Gasteiger partial charge in [-0.3, -0.25) is 4.79 Å². The van der Waals surface area contributed by atoms with Crippen LogP contribution in [0.3, 0.4) is 0 Å². The summed E-state index contributed by atoms with van der Waals surface area (Å²) in [7, 11) is 0. The second-order valence-electron chi connectivity index (χ2n) is 4.85.